The molecule has 3 atom stereocenters. The van der Waals surface area contributed by atoms with Crippen LogP contribution in [-0.4, -0.2) is 48.8 Å². The van der Waals surface area contributed by atoms with Crippen LogP contribution in [-0.2, 0) is 4.74 Å². The third kappa shape index (κ3) is 2.98. The zero-order valence-corrected chi connectivity index (χ0v) is 12.8. The molecule has 0 radical (unpaired) electrons. The van der Waals surface area contributed by atoms with Gasteiger partial charge in [-0.1, -0.05) is 0 Å². The van der Waals surface area contributed by atoms with E-state index in [4.69, 9.17) is 4.74 Å². The van der Waals surface area contributed by atoms with Crippen molar-refractivity contribution in [3.63, 3.8) is 0 Å². The summed E-state index contributed by atoms with van der Waals surface area (Å²) in [6, 6.07) is 1.48. The molecule has 3 fully saturated rings. The highest BCUT2D eigenvalue weighted by atomic mass is 16.5. The Morgan fingerprint density at radius 2 is 1.95 bits per heavy atom. The highest BCUT2D eigenvalue weighted by Crippen LogP contribution is 2.38. The fourth-order valence-corrected chi connectivity index (χ4v) is 4.08. The van der Waals surface area contributed by atoms with Crippen molar-refractivity contribution in [3.05, 3.63) is 0 Å². The number of rotatable bonds is 3. The van der Waals surface area contributed by atoms with Crippen LogP contribution in [0.5, 0.6) is 0 Å². The van der Waals surface area contributed by atoms with E-state index in [2.05, 4.69) is 24.1 Å². The van der Waals surface area contributed by atoms with Crippen LogP contribution >= 0.6 is 0 Å². The second-order valence-electron chi connectivity index (χ2n) is 7.47. The Morgan fingerprint density at radius 1 is 1.16 bits per heavy atom. The number of hydrogen-bond donors (Lipinski definition) is 1. The van der Waals surface area contributed by atoms with E-state index in [9.17, 15) is 0 Å². The van der Waals surface area contributed by atoms with Crippen molar-refractivity contribution < 1.29 is 4.74 Å². The van der Waals surface area contributed by atoms with Gasteiger partial charge in [-0.15, -0.1) is 0 Å². The summed E-state index contributed by atoms with van der Waals surface area (Å²) in [6.45, 7) is 7.19. The lowest BCUT2D eigenvalue weighted by atomic mass is 9.86. The minimum atomic E-state index is 0.297. The van der Waals surface area contributed by atoms with E-state index in [0.717, 1.165) is 24.5 Å². The highest BCUT2D eigenvalue weighted by Gasteiger charge is 2.43. The third-order valence-corrected chi connectivity index (χ3v) is 5.53. The molecule has 0 bridgehead atoms. The van der Waals surface area contributed by atoms with Gasteiger partial charge < -0.3 is 10.1 Å². The average molecular weight is 266 g/mol. The molecule has 110 valence electrons. The van der Waals surface area contributed by atoms with Crippen molar-refractivity contribution in [1.29, 1.82) is 0 Å². The first kappa shape index (κ1) is 13.8. The van der Waals surface area contributed by atoms with Gasteiger partial charge in [-0.05, 0) is 58.3 Å². The Labute approximate surface area is 118 Å². The predicted octanol–water partition coefficient (Wildman–Crippen LogP) is 2.41. The maximum Gasteiger partial charge on any atom is 0.0586 e. The van der Waals surface area contributed by atoms with Crippen LogP contribution in [0.1, 0.15) is 52.4 Å². The van der Waals surface area contributed by atoms with E-state index < -0.39 is 0 Å². The second-order valence-corrected chi connectivity index (χ2v) is 7.47. The number of hydrogen-bond acceptors (Lipinski definition) is 3. The van der Waals surface area contributed by atoms with Gasteiger partial charge in [-0.3, -0.25) is 4.90 Å². The van der Waals surface area contributed by atoms with Crippen molar-refractivity contribution in [2.24, 2.45) is 5.92 Å². The molecule has 19 heavy (non-hydrogen) atoms. The smallest absolute Gasteiger partial charge is 0.0586 e. The lowest BCUT2D eigenvalue weighted by Gasteiger charge is -2.51. The first-order chi connectivity index (χ1) is 9.10. The fraction of sp³-hybridized carbons (Fsp3) is 1.00. The van der Waals surface area contributed by atoms with Crippen LogP contribution in [0.15, 0.2) is 0 Å². The van der Waals surface area contributed by atoms with Gasteiger partial charge in [0.25, 0.3) is 0 Å². The number of nitrogens with zero attached hydrogens (tertiary/aromatic N) is 1. The summed E-state index contributed by atoms with van der Waals surface area (Å²) in [5.74, 6) is 0.959. The standard InChI is InChI=1S/C16H30N2O/c1-16(2)11-17-15(12-7-8-12)10-18(16)13-5-4-6-14(9-13)19-3/h12-15,17H,4-11H2,1-3H3. The van der Waals surface area contributed by atoms with Gasteiger partial charge in [0, 0.05) is 37.8 Å². The molecule has 3 aliphatic rings. The Kier molecular flexibility index (Phi) is 3.89. The lowest BCUT2D eigenvalue weighted by molar-refractivity contribution is -0.0292. The SMILES string of the molecule is COC1CCCC(N2CC(C3CC3)NCC2(C)C)C1. The lowest BCUT2D eigenvalue weighted by Crippen LogP contribution is -2.65. The van der Waals surface area contributed by atoms with Gasteiger partial charge >= 0.3 is 0 Å². The van der Waals surface area contributed by atoms with Crippen LogP contribution in [0.3, 0.4) is 0 Å². The van der Waals surface area contributed by atoms with Crippen LogP contribution < -0.4 is 5.32 Å². The van der Waals surface area contributed by atoms with E-state index in [-0.39, 0.29) is 0 Å². The summed E-state index contributed by atoms with van der Waals surface area (Å²) < 4.78 is 5.62. The fourth-order valence-electron chi connectivity index (χ4n) is 4.08. The first-order valence-electron chi connectivity index (χ1n) is 8.13. The minimum absolute atomic E-state index is 0.297. The number of piperazine rings is 1. The molecule has 1 N–H and O–H groups in total. The molecular weight excluding hydrogens is 236 g/mol. The summed E-state index contributed by atoms with van der Waals surface area (Å²) in [4.78, 5) is 2.80. The van der Waals surface area contributed by atoms with Crippen LogP contribution in [0.25, 0.3) is 0 Å². The molecule has 0 amide bonds. The zero-order chi connectivity index (χ0) is 13.5. The summed E-state index contributed by atoms with van der Waals surface area (Å²) in [5.41, 5.74) is 0.297. The van der Waals surface area contributed by atoms with Crippen molar-refractivity contribution in [1.82, 2.24) is 10.2 Å². The van der Waals surface area contributed by atoms with Crippen molar-refractivity contribution in [2.45, 2.75) is 76.1 Å². The first-order valence-corrected chi connectivity index (χ1v) is 8.13. The van der Waals surface area contributed by atoms with Gasteiger partial charge in [0.1, 0.15) is 0 Å². The molecule has 1 saturated heterocycles. The Hall–Kier alpha value is -0.120. The molecule has 3 rings (SSSR count). The predicted molar refractivity (Wildman–Crippen MR) is 78.4 cm³/mol. The van der Waals surface area contributed by atoms with Gasteiger partial charge in [0.2, 0.25) is 0 Å². The maximum absolute atomic E-state index is 5.62. The summed E-state index contributed by atoms with van der Waals surface area (Å²) in [6.07, 6.45) is 8.55. The topological polar surface area (TPSA) is 24.5 Å². The van der Waals surface area contributed by atoms with Crippen LogP contribution in [0.4, 0.5) is 0 Å². The Bertz CT molecular complexity index is 314. The number of methoxy groups -OCH3 is 1. The van der Waals surface area contributed by atoms with E-state index in [1.807, 2.05) is 7.11 Å². The monoisotopic (exact) mass is 266 g/mol. The highest BCUT2D eigenvalue weighted by molar-refractivity contribution is 5.01. The molecule has 1 aliphatic heterocycles. The van der Waals surface area contributed by atoms with E-state index in [1.54, 1.807) is 0 Å². The average Bonchev–Trinajstić information content (AvgIpc) is 3.23. The van der Waals surface area contributed by atoms with Crippen molar-refractivity contribution in [2.75, 3.05) is 20.2 Å². The summed E-state index contributed by atoms with van der Waals surface area (Å²) in [7, 11) is 1.88. The second kappa shape index (κ2) is 5.34. The van der Waals surface area contributed by atoms with E-state index in [0.29, 0.717) is 11.6 Å². The molecule has 2 aliphatic carbocycles. The molecule has 0 aromatic carbocycles. The van der Waals surface area contributed by atoms with Crippen LogP contribution in [0, 0.1) is 5.92 Å². The maximum atomic E-state index is 5.62. The van der Waals surface area contributed by atoms with Gasteiger partial charge in [-0.2, -0.15) is 0 Å². The summed E-state index contributed by atoms with van der Waals surface area (Å²) in [5, 5.41) is 3.79. The van der Waals surface area contributed by atoms with Gasteiger partial charge in [-0.25, -0.2) is 0 Å². The third-order valence-electron chi connectivity index (χ3n) is 5.53. The molecule has 0 spiro atoms. The largest absolute Gasteiger partial charge is 0.381 e. The number of nitrogens with one attached hydrogen (secondary N) is 1. The van der Waals surface area contributed by atoms with Gasteiger partial charge in [0.05, 0.1) is 6.10 Å². The molecular formula is C16H30N2O. The van der Waals surface area contributed by atoms with E-state index in [1.165, 1.54) is 45.1 Å². The van der Waals surface area contributed by atoms with Crippen LogP contribution in [0.2, 0.25) is 0 Å². The Morgan fingerprint density at radius 3 is 2.63 bits per heavy atom. The Balaban J connectivity index is 1.67. The normalized spacial score (nSPS) is 40.3. The number of ether oxygens (including phenoxy) is 1. The molecule has 0 aromatic rings. The van der Waals surface area contributed by atoms with Gasteiger partial charge in [0.15, 0.2) is 0 Å². The quantitative estimate of drug-likeness (QED) is 0.849. The molecule has 2 saturated carbocycles. The minimum Gasteiger partial charge on any atom is -0.381 e. The summed E-state index contributed by atoms with van der Waals surface area (Å²) >= 11 is 0. The van der Waals surface area contributed by atoms with Crippen molar-refractivity contribution >= 4 is 0 Å². The van der Waals surface area contributed by atoms with Crippen molar-refractivity contribution in [3.8, 4) is 0 Å². The molecule has 3 nitrogen and oxygen atoms in total. The molecule has 1 heterocycles. The molecule has 3 heteroatoms. The molecule has 0 aromatic heterocycles. The van der Waals surface area contributed by atoms with E-state index >= 15 is 0 Å². The molecule has 3 unspecified atom stereocenters. The zero-order valence-electron chi connectivity index (χ0n) is 12.8.